The number of nitrogens with one attached hydrogen (secondary N) is 2. The van der Waals surface area contributed by atoms with Crippen molar-refractivity contribution in [2.24, 2.45) is 10.7 Å². The summed E-state index contributed by atoms with van der Waals surface area (Å²) in [4.78, 5) is 47.4. The van der Waals surface area contributed by atoms with Gasteiger partial charge >= 0.3 is 18.2 Å². The fourth-order valence-corrected chi connectivity index (χ4v) is 6.05. The SMILES string of the molecule is NC(=O)N=C(N1CCCCC1)N1CCN(C(=O)c2ccc(Nc3nc(NC4(c5ccc(Cl)cc5)CC4)nc(OCC(F)(F)F)n3)cc2)CC1. The summed E-state index contributed by atoms with van der Waals surface area (Å²) in [6.07, 6.45) is 0.0965. The first kappa shape index (κ1) is 34.0. The van der Waals surface area contributed by atoms with Gasteiger partial charge in [-0.15, -0.1) is 0 Å². The van der Waals surface area contributed by atoms with Crippen LogP contribution in [-0.4, -0.2) is 99.6 Å². The predicted octanol–water partition coefficient (Wildman–Crippen LogP) is 4.99. The Morgan fingerprint density at radius 2 is 1.47 bits per heavy atom. The lowest BCUT2D eigenvalue weighted by atomic mass is 10.1. The van der Waals surface area contributed by atoms with Crippen molar-refractivity contribution in [3.05, 3.63) is 64.7 Å². The minimum absolute atomic E-state index is 0.0392. The molecule has 0 atom stereocenters. The van der Waals surface area contributed by atoms with E-state index < -0.39 is 30.4 Å². The number of alkyl halides is 3. The van der Waals surface area contributed by atoms with Crippen LogP contribution >= 0.6 is 11.6 Å². The van der Waals surface area contributed by atoms with Gasteiger partial charge in [0.25, 0.3) is 5.91 Å². The third-order valence-corrected chi connectivity index (χ3v) is 8.82. The van der Waals surface area contributed by atoms with Crippen LogP contribution in [0.15, 0.2) is 53.5 Å². The largest absolute Gasteiger partial charge is 0.454 e. The van der Waals surface area contributed by atoms with Crippen molar-refractivity contribution >= 4 is 47.1 Å². The van der Waals surface area contributed by atoms with Gasteiger partial charge in [0.15, 0.2) is 6.61 Å². The molecular formula is C32H36ClF3N10O3. The molecule has 0 unspecified atom stereocenters. The smallest absolute Gasteiger partial charge is 0.422 e. The van der Waals surface area contributed by atoms with Crippen molar-refractivity contribution in [3.8, 4) is 6.01 Å². The highest BCUT2D eigenvalue weighted by Crippen LogP contribution is 2.48. The van der Waals surface area contributed by atoms with Gasteiger partial charge in [-0.2, -0.15) is 33.1 Å². The number of piperidine rings is 1. The normalized spacial score (nSPS) is 17.8. The maximum Gasteiger partial charge on any atom is 0.422 e. The molecule has 4 N–H and O–H groups in total. The molecule has 3 amide bonds. The zero-order valence-corrected chi connectivity index (χ0v) is 27.3. The van der Waals surface area contributed by atoms with Crippen LogP contribution in [-0.2, 0) is 5.54 Å². The Kier molecular flexibility index (Phi) is 9.94. The van der Waals surface area contributed by atoms with Gasteiger partial charge in [0.1, 0.15) is 0 Å². The van der Waals surface area contributed by atoms with Crippen molar-refractivity contribution < 1.29 is 27.5 Å². The molecule has 2 aromatic carbocycles. The van der Waals surface area contributed by atoms with Crippen LogP contribution in [0.4, 0.5) is 35.5 Å². The number of likely N-dealkylation sites (tertiary alicyclic amines) is 1. The van der Waals surface area contributed by atoms with Crippen molar-refractivity contribution in [1.82, 2.24) is 29.7 Å². The number of benzene rings is 2. The number of hydrogen-bond donors (Lipinski definition) is 3. The molecule has 2 saturated heterocycles. The molecule has 0 spiro atoms. The molecule has 2 aliphatic heterocycles. The number of guanidine groups is 1. The van der Waals surface area contributed by atoms with E-state index in [1.54, 1.807) is 41.3 Å². The van der Waals surface area contributed by atoms with Crippen LogP contribution < -0.4 is 21.1 Å². The number of aliphatic imine (C=N–C) groups is 1. The molecule has 260 valence electrons. The number of ether oxygens (including phenoxy) is 1. The third-order valence-electron chi connectivity index (χ3n) is 8.56. The molecule has 3 heterocycles. The molecule has 17 heteroatoms. The lowest BCUT2D eigenvalue weighted by Gasteiger charge is -2.41. The molecule has 0 bridgehead atoms. The summed E-state index contributed by atoms with van der Waals surface area (Å²) in [6.45, 7) is 1.91. The number of primary amides is 1. The second kappa shape index (κ2) is 14.3. The number of piperazine rings is 1. The number of urea groups is 1. The standard InChI is InChI=1S/C32H36ClF3N10O3/c33-23-8-6-22(7-9-23)31(12-13-31)43-28-40-27(41-29(42-28)49-20-32(34,35)36)38-24-10-4-21(5-11-24)25(47)44-16-18-46(19-17-44)30(39-26(37)48)45-14-2-1-3-15-45/h4-11H,1-3,12-20H2,(H2,37,48)(H2,38,40,41,42,43). The number of anilines is 3. The molecule has 3 fully saturated rings. The molecule has 3 aliphatic rings. The first-order chi connectivity index (χ1) is 23.5. The summed E-state index contributed by atoms with van der Waals surface area (Å²) in [5.41, 5.74) is 6.78. The van der Waals surface area contributed by atoms with E-state index in [1.165, 1.54) is 0 Å². The van der Waals surface area contributed by atoms with Gasteiger partial charge in [0.05, 0.1) is 5.54 Å². The van der Waals surface area contributed by atoms with E-state index in [0.717, 1.165) is 50.8 Å². The number of carbonyl (C=O) groups excluding carboxylic acids is 2. The summed E-state index contributed by atoms with van der Waals surface area (Å²) in [5, 5.41) is 6.79. The highest BCUT2D eigenvalue weighted by molar-refractivity contribution is 6.30. The molecule has 3 aromatic rings. The van der Waals surface area contributed by atoms with E-state index in [0.29, 0.717) is 48.4 Å². The zero-order chi connectivity index (χ0) is 34.6. The van der Waals surface area contributed by atoms with E-state index in [1.807, 2.05) is 17.0 Å². The number of amides is 3. The summed E-state index contributed by atoms with van der Waals surface area (Å²) in [5.74, 6) is 0.399. The van der Waals surface area contributed by atoms with Gasteiger partial charge in [-0.3, -0.25) is 4.79 Å². The third kappa shape index (κ3) is 8.79. The molecule has 13 nitrogen and oxygen atoms in total. The summed E-state index contributed by atoms with van der Waals surface area (Å²) >= 11 is 6.04. The summed E-state index contributed by atoms with van der Waals surface area (Å²) in [7, 11) is 0. The number of nitrogens with zero attached hydrogens (tertiary/aromatic N) is 7. The van der Waals surface area contributed by atoms with Crippen LogP contribution in [0.5, 0.6) is 6.01 Å². The van der Waals surface area contributed by atoms with Crippen molar-refractivity contribution in [2.45, 2.75) is 43.8 Å². The monoisotopic (exact) mass is 700 g/mol. The molecule has 1 aromatic heterocycles. The second-order valence-electron chi connectivity index (χ2n) is 12.2. The summed E-state index contributed by atoms with van der Waals surface area (Å²) < 4.78 is 43.7. The number of aromatic nitrogens is 3. The lowest BCUT2D eigenvalue weighted by Crippen LogP contribution is -2.55. The zero-order valence-electron chi connectivity index (χ0n) is 26.5. The van der Waals surface area contributed by atoms with E-state index in [2.05, 4.69) is 35.5 Å². The Morgan fingerprint density at radius 3 is 2.08 bits per heavy atom. The van der Waals surface area contributed by atoms with Gasteiger partial charge in [-0.1, -0.05) is 23.7 Å². The first-order valence-electron chi connectivity index (χ1n) is 16.0. The number of hydrogen-bond acceptors (Lipinski definition) is 8. The average molecular weight is 701 g/mol. The first-order valence-corrected chi connectivity index (χ1v) is 16.4. The van der Waals surface area contributed by atoms with Crippen LogP contribution in [0.1, 0.15) is 48.0 Å². The number of rotatable bonds is 8. The highest BCUT2D eigenvalue weighted by atomic mass is 35.5. The Hall–Kier alpha value is -4.86. The Morgan fingerprint density at radius 1 is 0.857 bits per heavy atom. The van der Waals surface area contributed by atoms with E-state index in [4.69, 9.17) is 22.1 Å². The highest BCUT2D eigenvalue weighted by Gasteiger charge is 2.45. The van der Waals surface area contributed by atoms with Gasteiger partial charge in [-0.25, -0.2) is 4.79 Å². The lowest BCUT2D eigenvalue weighted by molar-refractivity contribution is -0.154. The van der Waals surface area contributed by atoms with Crippen molar-refractivity contribution in [1.29, 1.82) is 0 Å². The molecule has 49 heavy (non-hydrogen) atoms. The van der Waals surface area contributed by atoms with Gasteiger partial charge in [0.2, 0.25) is 17.9 Å². The van der Waals surface area contributed by atoms with Crippen LogP contribution in [0.2, 0.25) is 5.02 Å². The topological polar surface area (TPSA) is 154 Å². The summed E-state index contributed by atoms with van der Waals surface area (Å²) in [6, 6.07) is 12.6. The average Bonchev–Trinajstić information content (AvgIpc) is 3.87. The van der Waals surface area contributed by atoms with E-state index >= 15 is 0 Å². The maximum atomic E-state index is 13.4. The van der Waals surface area contributed by atoms with E-state index in [-0.39, 0.29) is 17.8 Å². The minimum Gasteiger partial charge on any atom is -0.454 e. The van der Waals surface area contributed by atoms with Crippen molar-refractivity contribution in [3.63, 3.8) is 0 Å². The van der Waals surface area contributed by atoms with E-state index in [9.17, 15) is 22.8 Å². The van der Waals surface area contributed by atoms with Crippen LogP contribution in [0.3, 0.4) is 0 Å². The van der Waals surface area contributed by atoms with Crippen LogP contribution in [0, 0.1) is 0 Å². The minimum atomic E-state index is -4.59. The van der Waals surface area contributed by atoms with Crippen LogP contribution in [0.25, 0.3) is 0 Å². The molecule has 1 aliphatic carbocycles. The predicted molar refractivity (Wildman–Crippen MR) is 177 cm³/mol. The second-order valence-corrected chi connectivity index (χ2v) is 12.6. The molecule has 6 rings (SSSR count). The molecular weight excluding hydrogens is 665 g/mol. The van der Waals surface area contributed by atoms with Gasteiger partial charge in [-0.05, 0) is 74.1 Å². The number of halogens is 4. The fourth-order valence-electron chi connectivity index (χ4n) is 5.92. The Labute approximate surface area is 285 Å². The molecule has 1 saturated carbocycles. The fraction of sp³-hybridized carbons (Fsp3) is 0.438. The van der Waals surface area contributed by atoms with Gasteiger partial charge in [0, 0.05) is 55.5 Å². The molecule has 0 radical (unpaired) electrons. The Bertz CT molecular complexity index is 1670. The van der Waals surface area contributed by atoms with Crippen molar-refractivity contribution in [2.75, 3.05) is 56.5 Å². The number of nitrogens with two attached hydrogens (primary N) is 1. The van der Waals surface area contributed by atoms with Gasteiger partial charge < -0.3 is 35.8 Å². The number of carbonyl (C=O) groups is 2. The quantitative estimate of drug-likeness (QED) is 0.216. The maximum absolute atomic E-state index is 13.4. The Balaban J connectivity index is 1.11.